The Labute approximate surface area is 167 Å². The third-order valence-electron chi connectivity index (χ3n) is 5.07. The van der Waals surface area contributed by atoms with Gasteiger partial charge < -0.3 is 19.1 Å². The summed E-state index contributed by atoms with van der Waals surface area (Å²) in [7, 11) is 6.37. The first-order valence-electron chi connectivity index (χ1n) is 9.00. The second-order valence-electron chi connectivity index (χ2n) is 6.66. The minimum Gasteiger partial charge on any atom is -0.493 e. The standard InChI is InChI=1S/C21H21N3O5/c1-22-15-8-6-5-7-14(15)20(24-18(22)12-19(25)23(2)21(24)26)29-13-9-10-16(27-3)17(11-13)28-4/h5-12,20H,1-4H3. The molecule has 8 nitrogen and oxygen atoms in total. The Morgan fingerprint density at radius 1 is 0.897 bits per heavy atom. The lowest BCUT2D eigenvalue weighted by Gasteiger charge is -2.36. The second-order valence-corrected chi connectivity index (χ2v) is 6.66. The minimum atomic E-state index is -0.755. The average Bonchev–Trinajstić information content (AvgIpc) is 2.74. The Hall–Kier alpha value is -3.68. The molecule has 2 heterocycles. The van der Waals surface area contributed by atoms with Crippen LogP contribution in [0.1, 0.15) is 11.8 Å². The highest BCUT2D eigenvalue weighted by atomic mass is 16.5. The summed E-state index contributed by atoms with van der Waals surface area (Å²) in [5, 5.41) is 0. The molecule has 1 aliphatic rings. The van der Waals surface area contributed by atoms with Crippen LogP contribution >= 0.6 is 0 Å². The normalized spacial score (nSPS) is 14.8. The van der Waals surface area contributed by atoms with Gasteiger partial charge in [0.15, 0.2) is 11.5 Å². The fourth-order valence-corrected chi connectivity index (χ4v) is 3.51. The zero-order chi connectivity index (χ0) is 20.7. The van der Waals surface area contributed by atoms with E-state index in [1.165, 1.54) is 17.7 Å². The molecule has 0 bridgehead atoms. The Bertz CT molecular complexity index is 1200. The molecule has 0 aliphatic carbocycles. The molecule has 1 aromatic heterocycles. The lowest BCUT2D eigenvalue weighted by Crippen LogP contribution is -2.45. The number of aromatic nitrogens is 2. The van der Waals surface area contributed by atoms with Crippen molar-refractivity contribution in [2.45, 2.75) is 6.23 Å². The van der Waals surface area contributed by atoms with Gasteiger partial charge in [0.25, 0.3) is 5.56 Å². The molecule has 1 aliphatic heterocycles. The van der Waals surface area contributed by atoms with Crippen LogP contribution in [0, 0.1) is 0 Å². The Morgan fingerprint density at radius 2 is 1.62 bits per heavy atom. The molecule has 150 valence electrons. The van der Waals surface area contributed by atoms with Crippen molar-refractivity contribution in [2.75, 3.05) is 26.2 Å². The fraction of sp³-hybridized carbons (Fsp3) is 0.238. The summed E-state index contributed by atoms with van der Waals surface area (Å²) in [6, 6.07) is 14.2. The summed E-state index contributed by atoms with van der Waals surface area (Å²) in [6.07, 6.45) is -0.755. The van der Waals surface area contributed by atoms with E-state index in [1.807, 2.05) is 36.2 Å². The van der Waals surface area contributed by atoms with Crippen LogP contribution in [-0.4, -0.2) is 30.4 Å². The van der Waals surface area contributed by atoms with Crippen molar-refractivity contribution in [1.29, 1.82) is 0 Å². The van der Waals surface area contributed by atoms with Gasteiger partial charge in [-0.2, -0.15) is 0 Å². The number of nitrogens with zero attached hydrogens (tertiary/aromatic N) is 3. The lowest BCUT2D eigenvalue weighted by atomic mass is 10.1. The van der Waals surface area contributed by atoms with Crippen molar-refractivity contribution in [3.63, 3.8) is 0 Å². The van der Waals surface area contributed by atoms with Crippen molar-refractivity contribution in [3.05, 3.63) is 74.9 Å². The molecule has 0 N–H and O–H groups in total. The number of ether oxygens (including phenoxy) is 3. The SMILES string of the molecule is COc1ccc(OC2c3ccccc3N(C)c3cc(=O)n(C)c(=O)n32)cc1OC. The van der Waals surface area contributed by atoms with Crippen molar-refractivity contribution >= 4 is 11.5 Å². The number of para-hydroxylation sites is 1. The van der Waals surface area contributed by atoms with Gasteiger partial charge in [-0.1, -0.05) is 18.2 Å². The minimum absolute atomic E-state index is 0.377. The lowest BCUT2D eigenvalue weighted by molar-refractivity contribution is 0.163. The summed E-state index contributed by atoms with van der Waals surface area (Å²) >= 11 is 0. The maximum atomic E-state index is 13.0. The first-order valence-corrected chi connectivity index (χ1v) is 9.00. The summed E-state index contributed by atoms with van der Waals surface area (Å²) in [5.74, 6) is 2.05. The highest BCUT2D eigenvalue weighted by Crippen LogP contribution is 2.40. The van der Waals surface area contributed by atoms with E-state index in [1.54, 1.807) is 32.4 Å². The van der Waals surface area contributed by atoms with Gasteiger partial charge in [-0.15, -0.1) is 0 Å². The first-order chi connectivity index (χ1) is 14.0. The van der Waals surface area contributed by atoms with E-state index >= 15 is 0 Å². The zero-order valence-corrected chi connectivity index (χ0v) is 16.6. The van der Waals surface area contributed by atoms with E-state index in [4.69, 9.17) is 14.2 Å². The van der Waals surface area contributed by atoms with Gasteiger partial charge in [-0.25, -0.2) is 9.36 Å². The van der Waals surface area contributed by atoms with Crippen molar-refractivity contribution in [1.82, 2.24) is 9.13 Å². The van der Waals surface area contributed by atoms with Gasteiger partial charge in [-0.05, 0) is 18.2 Å². The zero-order valence-electron chi connectivity index (χ0n) is 16.6. The number of benzene rings is 2. The molecule has 0 spiro atoms. The van der Waals surface area contributed by atoms with Crippen LogP contribution in [0.15, 0.2) is 58.1 Å². The highest BCUT2D eigenvalue weighted by molar-refractivity contribution is 5.67. The Morgan fingerprint density at radius 3 is 2.34 bits per heavy atom. The molecule has 8 heteroatoms. The number of hydrogen-bond acceptors (Lipinski definition) is 6. The Kier molecular flexibility index (Phi) is 4.54. The smallest absolute Gasteiger partial charge is 0.335 e. The predicted molar refractivity (Wildman–Crippen MR) is 109 cm³/mol. The molecule has 0 saturated heterocycles. The summed E-state index contributed by atoms with van der Waals surface area (Å²) < 4.78 is 19.4. The van der Waals surface area contributed by atoms with Crippen molar-refractivity contribution in [3.8, 4) is 17.2 Å². The topological polar surface area (TPSA) is 74.9 Å². The summed E-state index contributed by atoms with van der Waals surface area (Å²) in [6.45, 7) is 0. The molecule has 2 aromatic carbocycles. The van der Waals surface area contributed by atoms with Crippen molar-refractivity contribution < 1.29 is 14.2 Å². The molecule has 0 saturated carbocycles. The maximum absolute atomic E-state index is 13.0. The van der Waals surface area contributed by atoms with E-state index in [0.717, 1.165) is 15.8 Å². The van der Waals surface area contributed by atoms with Crippen LogP contribution < -0.4 is 30.4 Å². The van der Waals surface area contributed by atoms with E-state index in [-0.39, 0.29) is 5.56 Å². The maximum Gasteiger partial charge on any atom is 0.335 e. The summed E-state index contributed by atoms with van der Waals surface area (Å²) in [5.41, 5.74) is 0.820. The molecular weight excluding hydrogens is 374 g/mol. The first kappa shape index (κ1) is 18.7. The van der Waals surface area contributed by atoms with E-state index in [9.17, 15) is 9.59 Å². The quantitative estimate of drug-likeness (QED) is 0.675. The molecule has 3 aromatic rings. The molecule has 4 rings (SSSR count). The third kappa shape index (κ3) is 2.93. The molecule has 1 atom stereocenters. The van der Waals surface area contributed by atoms with E-state index in [2.05, 4.69) is 0 Å². The van der Waals surface area contributed by atoms with Crippen LogP contribution in [0.2, 0.25) is 0 Å². The molecule has 1 unspecified atom stereocenters. The van der Waals surface area contributed by atoms with Gasteiger partial charge in [0, 0.05) is 31.8 Å². The number of anilines is 2. The van der Waals surface area contributed by atoms with Crippen LogP contribution in [0.5, 0.6) is 17.2 Å². The second kappa shape index (κ2) is 7.05. The van der Waals surface area contributed by atoms with Gasteiger partial charge in [-0.3, -0.25) is 9.36 Å². The third-order valence-corrected chi connectivity index (χ3v) is 5.07. The predicted octanol–water partition coefficient (Wildman–Crippen LogP) is 2.27. The van der Waals surface area contributed by atoms with E-state index in [0.29, 0.717) is 23.1 Å². The number of rotatable bonds is 4. The molecule has 0 amide bonds. The number of fused-ring (bicyclic) bond motifs is 2. The van der Waals surface area contributed by atoms with E-state index < -0.39 is 11.9 Å². The number of hydrogen-bond donors (Lipinski definition) is 0. The van der Waals surface area contributed by atoms with Crippen LogP contribution in [0.4, 0.5) is 11.5 Å². The van der Waals surface area contributed by atoms with Gasteiger partial charge in [0.1, 0.15) is 11.6 Å². The fourth-order valence-electron chi connectivity index (χ4n) is 3.51. The molecule has 0 radical (unpaired) electrons. The van der Waals surface area contributed by atoms with Crippen molar-refractivity contribution in [2.24, 2.45) is 7.05 Å². The van der Waals surface area contributed by atoms with Crippen LogP contribution in [-0.2, 0) is 7.05 Å². The molecule has 0 fully saturated rings. The number of methoxy groups -OCH3 is 2. The highest BCUT2D eigenvalue weighted by Gasteiger charge is 2.32. The summed E-state index contributed by atoms with van der Waals surface area (Å²) in [4.78, 5) is 27.0. The van der Waals surface area contributed by atoms with Crippen LogP contribution in [0.25, 0.3) is 0 Å². The molecule has 29 heavy (non-hydrogen) atoms. The monoisotopic (exact) mass is 395 g/mol. The van der Waals surface area contributed by atoms with Gasteiger partial charge in [0.2, 0.25) is 6.23 Å². The average molecular weight is 395 g/mol. The largest absolute Gasteiger partial charge is 0.493 e. The van der Waals surface area contributed by atoms with Gasteiger partial charge in [0.05, 0.1) is 19.9 Å². The Balaban J connectivity index is 1.90. The molecular formula is C21H21N3O5. The van der Waals surface area contributed by atoms with Gasteiger partial charge >= 0.3 is 5.69 Å². The van der Waals surface area contributed by atoms with Crippen LogP contribution in [0.3, 0.4) is 0 Å².